The van der Waals surface area contributed by atoms with Gasteiger partial charge in [0.25, 0.3) is 0 Å². The van der Waals surface area contributed by atoms with E-state index >= 15 is 0 Å². The first-order valence-corrected chi connectivity index (χ1v) is 5.78. The second kappa shape index (κ2) is 6.20. The lowest BCUT2D eigenvalue weighted by Gasteiger charge is -2.21. The highest BCUT2D eigenvalue weighted by molar-refractivity contribution is 5.26. The van der Waals surface area contributed by atoms with E-state index in [0.29, 0.717) is 12.0 Å². The SMILES string of the molecule is CCCC(OC)C(O)c1ccc(C(F)(F)F)cc1. The molecule has 1 rings (SSSR count). The van der Waals surface area contributed by atoms with Crippen LogP contribution in [0.25, 0.3) is 0 Å². The molecule has 0 aliphatic heterocycles. The molecule has 1 aromatic rings. The largest absolute Gasteiger partial charge is 0.416 e. The van der Waals surface area contributed by atoms with E-state index in [-0.39, 0.29) is 0 Å². The third kappa shape index (κ3) is 3.71. The van der Waals surface area contributed by atoms with Gasteiger partial charge >= 0.3 is 6.18 Å². The molecule has 0 aliphatic rings. The Balaban J connectivity index is 2.84. The van der Waals surface area contributed by atoms with Crippen molar-refractivity contribution in [1.82, 2.24) is 0 Å². The molecule has 2 atom stereocenters. The maximum atomic E-state index is 12.4. The Hall–Kier alpha value is -1.07. The zero-order valence-electron chi connectivity index (χ0n) is 10.4. The highest BCUT2D eigenvalue weighted by atomic mass is 19.4. The molecule has 1 aromatic carbocycles. The van der Waals surface area contributed by atoms with Crippen molar-refractivity contribution in [2.24, 2.45) is 0 Å². The summed E-state index contributed by atoms with van der Waals surface area (Å²) < 4.78 is 42.3. The van der Waals surface area contributed by atoms with Gasteiger partial charge in [-0.2, -0.15) is 13.2 Å². The van der Waals surface area contributed by atoms with Crippen LogP contribution in [0.1, 0.15) is 37.0 Å². The molecule has 0 aromatic heterocycles. The lowest BCUT2D eigenvalue weighted by atomic mass is 10.00. The Morgan fingerprint density at radius 3 is 2.17 bits per heavy atom. The molecule has 0 heterocycles. The van der Waals surface area contributed by atoms with Gasteiger partial charge in [0.2, 0.25) is 0 Å². The summed E-state index contributed by atoms with van der Waals surface area (Å²) >= 11 is 0. The third-order valence-electron chi connectivity index (χ3n) is 2.81. The second-order valence-electron chi connectivity index (χ2n) is 4.13. The molecule has 2 nitrogen and oxygen atoms in total. The Morgan fingerprint density at radius 1 is 1.22 bits per heavy atom. The zero-order valence-corrected chi connectivity index (χ0v) is 10.4. The summed E-state index contributed by atoms with van der Waals surface area (Å²) in [6.07, 6.45) is -4.17. The molecule has 0 bridgehead atoms. The molecular formula is C13H17F3O2. The number of alkyl halides is 3. The highest BCUT2D eigenvalue weighted by Crippen LogP contribution is 2.30. The molecule has 0 radical (unpaired) electrons. The fraction of sp³-hybridized carbons (Fsp3) is 0.538. The minimum atomic E-state index is -4.35. The minimum Gasteiger partial charge on any atom is -0.386 e. The van der Waals surface area contributed by atoms with Crippen LogP contribution in [-0.2, 0) is 10.9 Å². The van der Waals surface area contributed by atoms with Gasteiger partial charge in [-0.15, -0.1) is 0 Å². The lowest BCUT2D eigenvalue weighted by molar-refractivity contribution is -0.137. The number of aliphatic hydroxyl groups is 1. The summed E-state index contributed by atoms with van der Waals surface area (Å²) in [6, 6.07) is 4.51. The molecule has 5 heteroatoms. The summed E-state index contributed by atoms with van der Waals surface area (Å²) in [7, 11) is 1.48. The van der Waals surface area contributed by atoms with Crippen LogP contribution < -0.4 is 0 Å². The fourth-order valence-corrected chi connectivity index (χ4v) is 1.77. The third-order valence-corrected chi connectivity index (χ3v) is 2.81. The second-order valence-corrected chi connectivity index (χ2v) is 4.13. The molecule has 0 aliphatic carbocycles. The Labute approximate surface area is 104 Å². The topological polar surface area (TPSA) is 29.5 Å². The van der Waals surface area contributed by atoms with Crippen molar-refractivity contribution in [3.63, 3.8) is 0 Å². The van der Waals surface area contributed by atoms with Crippen LogP contribution in [0, 0.1) is 0 Å². The number of methoxy groups -OCH3 is 1. The Kier molecular flexibility index (Phi) is 5.16. The van der Waals surface area contributed by atoms with E-state index in [0.717, 1.165) is 18.6 Å². The predicted molar refractivity (Wildman–Crippen MR) is 62.1 cm³/mol. The Morgan fingerprint density at radius 2 is 1.78 bits per heavy atom. The molecule has 0 fully saturated rings. The van der Waals surface area contributed by atoms with Crippen LogP contribution in [-0.4, -0.2) is 18.3 Å². The number of halogens is 3. The average molecular weight is 262 g/mol. The smallest absolute Gasteiger partial charge is 0.386 e. The van der Waals surface area contributed by atoms with Crippen molar-refractivity contribution in [1.29, 1.82) is 0 Å². The quantitative estimate of drug-likeness (QED) is 0.879. The number of ether oxygens (including phenoxy) is 1. The summed E-state index contributed by atoms with van der Waals surface area (Å²) in [5.74, 6) is 0. The van der Waals surface area contributed by atoms with Crippen molar-refractivity contribution >= 4 is 0 Å². The van der Waals surface area contributed by atoms with E-state index in [1.54, 1.807) is 0 Å². The molecule has 2 unspecified atom stereocenters. The number of benzene rings is 1. The van der Waals surface area contributed by atoms with E-state index in [2.05, 4.69) is 0 Å². The van der Waals surface area contributed by atoms with Gasteiger partial charge in [-0.25, -0.2) is 0 Å². The number of hydrogen-bond acceptors (Lipinski definition) is 2. The molecule has 0 saturated carbocycles. The van der Waals surface area contributed by atoms with Gasteiger partial charge in [0.1, 0.15) is 6.10 Å². The average Bonchev–Trinajstić information content (AvgIpc) is 2.34. The van der Waals surface area contributed by atoms with E-state index in [9.17, 15) is 18.3 Å². The molecule has 0 saturated heterocycles. The Bertz CT molecular complexity index is 359. The van der Waals surface area contributed by atoms with Crippen molar-refractivity contribution < 1.29 is 23.0 Å². The molecular weight excluding hydrogens is 245 g/mol. The van der Waals surface area contributed by atoms with Gasteiger partial charge in [-0.1, -0.05) is 25.5 Å². The molecule has 102 valence electrons. The first-order chi connectivity index (χ1) is 8.40. The zero-order chi connectivity index (χ0) is 13.8. The van der Waals surface area contributed by atoms with Crippen LogP contribution in [0.2, 0.25) is 0 Å². The summed E-state index contributed by atoms with van der Waals surface area (Å²) in [5.41, 5.74) is -0.286. The van der Waals surface area contributed by atoms with Gasteiger partial charge in [-0.05, 0) is 24.1 Å². The van der Waals surface area contributed by atoms with Crippen molar-refractivity contribution in [3.8, 4) is 0 Å². The lowest BCUT2D eigenvalue weighted by Crippen LogP contribution is -2.20. The van der Waals surface area contributed by atoms with Crippen LogP contribution in [0.5, 0.6) is 0 Å². The van der Waals surface area contributed by atoms with Crippen LogP contribution in [0.15, 0.2) is 24.3 Å². The molecule has 18 heavy (non-hydrogen) atoms. The minimum absolute atomic E-state index is 0.397. The standard InChI is InChI=1S/C13H17F3O2/c1-3-4-11(18-2)12(17)9-5-7-10(8-6-9)13(14,15)16/h5-8,11-12,17H,3-4H2,1-2H3. The van der Waals surface area contributed by atoms with E-state index < -0.39 is 23.9 Å². The fourth-order valence-electron chi connectivity index (χ4n) is 1.77. The maximum Gasteiger partial charge on any atom is 0.416 e. The van der Waals surface area contributed by atoms with Crippen molar-refractivity contribution in [2.75, 3.05) is 7.11 Å². The predicted octanol–water partition coefficient (Wildman–Crippen LogP) is 3.55. The van der Waals surface area contributed by atoms with E-state index in [1.807, 2.05) is 6.92 Å². The van der Waals surface area contributed by atoms with Gasteiger partial charge in [0.15, 0.2) is 0 Å². The maximum absolute atomic E-state index is 12.4. The van der Waals surface area contributed by atoms with E-state index in [1.165, 1.54) is 19.2 Å². The number of aliphatic hydroxyl groups excluding tert-OH is 1. The normalized spacial score (nSPS) is 15.4. The van der Waals surface area contributed by atoms with E-state index in [4.69, 9.17) is 4.74 Å². The summed E-state index contributed by atoms with van der Waals surface area (Å²) in [5, 5.41) is 10.00. The van der Waals surface area contributed by atoms with Crippen LogP contribution in [0.4, 0.5) is 13.2 Å². The summed E-state index contributed by atoms with van der Waals surface area (Å²) in [6.45, 7) is 1.95. The molecule has 0 spiro atoms. The van der Waals surface area contributed by atoms with Gasteiger partial charge < -0.3 is 9.84 Å². The highest BCUT2D eigenvalue weighted by Gasteiger charge is 2.30. The molecule has 1 N–H and O–H groups in total. The van der Waals surface area contributed by atoms with Crippen LogP contribution >= 0.6 is 0 Å². The molecule has 0 amide bonds. The van der Waals surface area contributed by atoms with Crippen molar-refractivity contribution in [3.05, 3.63) is 35.4 Å². The van der Waals surface area contributed by atoms with Crippen LogP contribution in [0.3, 0.4) is 0 Å². The first-order valence-electron chi connectivity index (χ1n) is 5.78. The number of rotatable bonds is 5. The summed E-state index contributed by atoms with van der Waals surface area (Å²) in [4.78, 5) is 0. The van der Waals surface area contributed by atoms with Gasteiger partial charge in [0, 0.05) is 7.11 Å². The van der Waals surface area contributed by atoms with Gasteiger partial charge in [-0.3, -0.25) is 0 Å². The van der Waals surface area contributed by atoms with Crippen molar-refractivity contribution in [2.45, 2.75) is 38.1 Å². The number of hydrogen-bond donors (Lipinski definition) is 1. The van der Waals surface area contributed by atoms with Gasteiger partial charge in [0.05, 0.1) is 11.7 Å². The first kappa shape index (κ1) is 15.0. The monoisotopic (exact) mass is 262 g/mol.